The zero-order valence-electron chi connectivity index (χ0n) is 11.9. The van der Waals surface area contributed by atoms with Gasteiger partial charge in [0.05, 0.1) is 0 Å². The summed E-state index contributed by atoms with van der Waals surface area (Å²) in [5, 5.41) is 0. The zero-order chi connectivity index (χ0) is 14.4. The van der Waals surface area contributed by atoms with E-state index in [-0.39, 0.29) is 11.6 Å². The molecule has 0 fully saturated rings. The Kier molecular flexibility index (Phi) is 2.82. The number of benzene rings is 2. The molecule has 0 spiro atoms. The molecule has 1 aliphatic rings. The lowest BCUT2D eigenvalue weighted by Gasteiger charge is -2.14. The molecule has 0 aliphatic heterocycles. The van der Waals surface area contributed by atoms with Crippen LogP contribution in [0, 0.1) is 20.8 Å². The van der Waals surface area contributed by atoms with Gasteiger partial charge in [0.15, 0.2) is 11.6 Å². The number of aryl methyl sites for hydroxylation is 1. The van der Waals surface area contributed by atoms with E-state index in [2.05, 4.69) is 0 Å². The van der Waals surface area contributed by atoms with Gasteiger partial charge in [-0.3, -0.25) is 9.59 Å². The third-order valence-corrected chi connectivity index (χ3v) is 4.39. The highest BCUT2D eigenvalue weighted by Gasteiger charge is 2.39. The lowest BCUT2D eigenvalue weighted by molar-refractivity contribution is 0.0889. The van der Waals surface area contributed by atoms with E-state index >= 15 is 0 Å². The lowest BCUT2D eigenvalue weighted by Crippen LogP contribution is -2.15. The Balaban J connectivity index is 2.17. The summed E-state index contributed by atoms with van der Waals surface area (Å²) in [6, 6.07) is 11.0. The second-order valence-electron chi connectivity index (χ2n) is 5.43. The van der Waals surface area contributed by atoms with Crippen LogP contribution >= 0.6 is 0 Å². The van der Waals surface area contributed by atoms with Gasteiger partial charge >= 0.3 is 0 Å². The normalized spacial score (nSPS) is 14.8. The largest absolute Gasteiger partial charge is 0.293 e. The van der Waals surface area contributed by atoms with E-state index in [0.717, 1.165) is 16.7 Å². The third kappa shape index (κ3) is 1.64. The Morgan fingerprint density at radius 3 is 1.85 bits per heavy atom. The van der Waals surface area contributed by atoms with Crippen LogP contribution in [0.15, 0.2) is 36.4 Å². The summed E-state index contributed by atoms with van der Waals surface area (Å²) in [5.41, 5.74) is 5.34. The molecule has 20 heavy (non-hydrogen) atoms. The van der Waals surface area contributed by atoms with Crippen molar-refractivity contribution < 1.29 is 9.59 Å². The van der Waals surface area contributed by atoms with Crippen molar-refractivity contribution in [1.29, 1.82) is 0 Å². The molecule has 1 aliphatic carbocycles. The number of fused-ring (bicyclic) bond motifs is 1. The number of carbonyl (C=O) groups excluding carboxylic acids is 2. The minimum absolute atomic E-state index is 0.0723. The van der Waals surface area contributed by atoms with Crippen molar-refractivity contribution in [3.8, 4) is 0 Å². The number of ketones is 2. The molecule has 0 heterocycles. The van der Waals surface area contributed by atoms with Gasteiger partial charge in [0.1, 0.15) is 5.92 Å². The van der Waals surface area contributed by atoms with Crippen LogP contribution in [-0.4, -0.2) is 11.6 Å². The number of hydrogen-bond donors (Lipinski definition) is 0. The Morgan fingerprint density at radius 2 is 1.30 bits per heavy atom. The standard InChI is InChI=1S/C18H16O2/c1-10-8-9-13(12(3)11(10)2)16-17(19)14-6-4-5-7-15(14)18(16)20/h4-9,16H,1-3H3. The second-order valence-corrected chi connectivity index (χ2v) is 5.43. The minimum atomic E-state index is -0.660. The van der Waals surface area contributed by atoms with Gasteiger partial charge in [-0.25, -0.2) is 0 Å². The predicted molar refractivity (Wildman–Crippen MR) is 78.5 cm³/mol. The summed E-state index contributed by atoms with van der Waals surface area (Å²) in [7, 11) is 0. The lowest BCUT2D eigenvalue weighted by atomic mass is 9.87. The van der Waals surface area contributed by atoms with Crippen molar-refractivity contribution in [2.75, 3.05) is 0 Å². The van der Waals surface area contributed by atoms with Crippen LogP contribution in [0.3, 0.4) is 0 Å². The fourth-order valence-electron chi connectivity index (χ4n) is 2.92. The topological polar surface area (TPSA) is 34.1 Å². The highest BCUT2D eigenvalue weighted by atomic mass is 16.2. The van der Waals surface area contributed by atoms with Gasteiger partial charge < -0.3 is 0 Å². The maximum atomic E-state index is 12.5. The summed E-state index contributed by atoms with van der Waals surface area (Å²) in [4.78, 5) is 25.1. The quantitative estimate of drug-likeness (QED) is 0.735. The summed E-state index contributed by atoms with van der Waals surface area (Å²) >= 11 is 0. The summed E-state index contributed by atoms with van der Waals surface area (Å²) < 4.78 is 0. The molecule has 0 N–H and O–H groups in total. The Hall–Kier alpha value is -2.22. The number of carbonyl (C=O) groups is 2. The van der Waals surface area contributed by atoms with Crippen LogP contribution in [0.5, 0.6) is 0 Å². The van der Waals surface area contributed by atoms with E-state index in [1.807, 2.05) is 32.9 Å². The first-order chi connectivity index (χ1) is 9.52. The first-order valence-electron chi connectivity index (χ1n) is 6.76. The molecule has 100 valence electrons. The molecular weight excluding hydrogens is 248 g/mol. The van der Waals surface area contributed by atoms with Crippen molar-refractivity contribution in [2.45, 2.75) is 26.7 Å². The van der Waals surface area contributed by atoms with Gasteiger partial charge in [-0.1, -0.05) is 36.4 Å². The van der Waals surface area contributed by atoms with E-state index in [1.54, 1.807) is 24.3 Å². The van der Waals surface area contributed by atoms with Crippen molar-refractivity contribution in [1.82, 2.24) is 0 Å². The second kappa shape index (κ2) is 4.41. The van der Waals surface area contributed by atoms with Crippen LogP contribution in [0.25, 0.3) is 0 Å². The van der Waals surface area contributed by atoms with Crippen molar-refractivity contribution in [3.05, 3.63) is 69.8 Å². The molecule has 0 radical (unpaired) electrons. The van der Waals surface area contributed by atoms with E-state index in [0.29, 0.717) is 11.1 Å². The fourth-order valence-corrected chi connectivity index (χ4v) is 2.92. The monoisotopic (exact) mass is 264 g/mol. The van der Waals surface area contributed by atoms with Gasteiger partial charge in [-0.15, -0.1) is 0 Å². The maximum Gasteiger partial charge on any atom is 0.178 e. The zero-order valence-corrected chi connectivity index (χ0v) is 11.9. The van der Waals surface area contributed by atoms with Crippen LogP contribution in [0.1, 0.15) is 48.9 Å². The van der Waals surface area contributed by atoms with Crippen LogP contribution < -0.4 is 0 Å². The SMILES string of the molecule is Cc1ccc(C2C(=O)c3ccccc3C2=O)c(C)c1C. The van der Waals surface area contributed by atoms with Gasteiger partial charge in [-0.2, -0.15) is 0 Å². The number of Topliss-reactive ketones (excluding diaryl/α,β-unsaturated/α-hetero) is 2. The highest BCUT2D eigenvalue weighted by Crippen LogP contribution is 2.36. The van der Waals surface area contributed by atoms with Gasteiger partial charge in [0.25, 0.3) is 0 Å². The molecule has 0 saturated carbocycles. The molecule has 3 rings (SSSR count). The van der Waals surface area contributed by atoms with Crippen LogP contribution in [-0.2, 0) is 0 Å². The van der Waals surface area contributed by atoms with Crippen molar-refractivity contribution in [2.24, 2.45) is 0 Å². The first-order valence-corrected chi connectivity index (χ1v) is 6.76. The van der Waals surface area contributed by atoms with Gasteiger partial charge in [0.2, 0.25) is 0 Å². The van der Waals surface area contributed by atoms with Gasteiger partial charge in [0, 0.05) is 11.1 Å². The maximum absolute atomic E-state index is 12.5. The minimum Gasteiger partial charge on any atom is -0.293 e. The highest BCUT2D eigenvalue weighted by molar-refractivity contribution is 6.29. The predicted octanol–water partition coefficient (Wildman–Crippen LogP) is 3.77. The van der Waals surface area contributed by atoms with E-state index in [1.165, 1.54) is 5.56 Å². The average molecular weight is 264 g/mol. The summed E-state index contributed by atoms with van der Waals surface area (Å²) in [6.07, 6.45) is 0. The molecule has 0 unspecified atom stereocenters. The molecule has 0 amide bonds. The van der Waals surface area contributed by atoms with Crippen molar-refractivity contribution in [3.63, 3.8) is 0 Å². The Bertz CT molecular complexity index is 706. The smallest absolute Gasteiger partial charge is 0.178 e. The molecule has 0 saturated heterocycles. The van der Waals surface area contributed by atoms with E-state index in [9.17, 15) is 9.59 Å². The van der Waals surface area contributed by atoms with E-state index < -0.39 is 5.92 Å². The molecular formula is C18H16O2. The Labute approximate surface area is 118 Å². The van der Waals surface area contributed by atoms with Gasteiger partial charge in [-0.05, 0) is 43.0 Å². The molecule has 0 aromatic heterocycles. The summed E-state index contributed by atoms with van der Waals surface area (Å²) in [6.45, 7) is 6.06. The number of hydrogen-bond acceptors (Lipinski definition) is 2. The van der Waals surface area contributed by atoms with Crippen LogP contribution in [0.4, 0.5) is 0 Å². The Morgan fingerprint density at radius 1 is 0.750 bits per heavy atom. The molecule has 2 aromatic carbocycles. The average Bonchev–Trinajstić information content (AvgIpc) is 2.70. The van der Waals surface area contributed by atoms with Crippen molar-refractivity contribution >= 4 is 11.6 Å². The molecule has 2 nitrogen and oxygen atoms in total. The third-order valence-electron chi connectivity index (χ3n) is 4.39. The first kappa shape index (κ1) is 12.8. The fraction of sp³-hybridized carbons (Fsp3) is 0.222. The van der Waals surface area contributed by atoms with E-state index in [4.69, 9.17) is 0 Å². The molecule has 2 heteroatoms. The molecule has 0 bridgehead atoms. The molecule has 0 atom stereocenters. The molecule has 2 aromatic rings. The number of rotatable bonds is 1. The van der Waals surface area contributed by atoms with Crippen LogP contribution in [0.2, 0.25) is 0 Å². The summed E-state index contributed by atoms with van der Waals surface area (Å²) in [5.74, 6) is -0.805.